The van der Waals surface area contributed by atoms with E-state index in [1.165, 1.54) is 16.1 Å². The monoisotopic (exact) mass is 372 g/mol. The van der Waals surface area contributed by atoms with Gasteiger partial charge < -0.3 is 10.2 Å². The normalized spacial score (nSPS) is 10.8. The second kappa shape index (κ2) is 7.46. The predicted molar refractivity (Wildman–Crippen MR) is 93.0 cm³/mol. The maximum absolute atomic E-state index is 6.00. The van der Waals surface area contributed by atoms with Crippen LogP contribution in [0.2, 0.25) is 4.34 Å². The third-order valence-electron chi connectivity index (χ3n) is 3.05. The molecule has 0 saturated carbocycles. The molecule has 1 N–H and O–H groups in total. The first-order chi connectivity index (χ1) is 9.60. The molecule has 0 aliphatic rings. The Labute approximate surface area is 137 Å². The summed E-state index contributed by atoms with van der Waals surface area (Å²) in [5.41, 5.74) is 2.55. The highest BCUT2D eigenvalue weighted by molar-refractivity contribution is 9.10. The average molecular weight is 374 g/mol. The molecule has 20 heavy (non-hydrogen) atoms. The Hall–Kier alpha value is -0.550. The fraction of sp³-hybridized carbons (Fsp3) is 0.333. The number of hydrogen-bond acceptors (Lipinski definition) is 3. The summed E-state index contributed by atoms with van der Waals surface area (Å²) in [6, 6.07) is 10.5. The second-order valence-corrected chi connectivity index (χ2v) is 7.33. The van der Waals surface area contributed by atoms with Gasteiger partial charge in [-0.15, -0.1) is 11.3 Å². The number of thiophene rings is 1. The molecule has 0 fully saturated rings. The Morgan fingerprint density at radius 2 is 2.10 bits per heavy atom. The van der Waals surface area contributed by atoms with Crippen molar-refractivity contribution in [2.75, 3.05) is 18.5 Å². The highest BCUT2D eigenvalue weighted by Crippen LogP contribution is 2.28. The average Bonchev–Trinajstić information content (AvgIpc) is 2.82. The van der Waals surface area contributed by atoms with Gasteiger partial charge in [-0.3, -0.25) is 0 Å². The maximum Gasteiger partial charge on any atom is 0.0931 e. The molecule has 1 aromatic heterocycles. The van der Waals surface area contributed by atoms with Gasteiger partial charge in [0.05, 0.1) is 10.9 Å². The number of nitrogens with zero attached hydrogens (tertiary/aromatic N) is 1. The summed E-state index contributed by atoms with van der Waals surface area (Å²) in [5.74, 6) is 0. The lowest BCUT2D eigenvalue weighted by Gasteiger charge is -2.22. The molecule has 2 nitrogen and oxygen atoms in total. The largest absolute Gasteiger partial charge is 0.369 e. The van der Waals surface area contributed by atoms with Gasteiger partial charge >= 0.3 is 0 Å². The molecule has 0 unspecified atom stereocenters. The van der Waals surface area contributed by atoms with Crippen molar-refractivity contribution in [2.24, 2.45) is 0 Å². The first kappa shape index (κ1) is 15.8. The molecule has 1 heterocycles. The molecule has 0 radical (unpaired) electrons. The van der Waals surface area contributed by atoms with Crippen LogP contribution in [0.4, 0.5) is 5.69 Å². The zero-order valence-corrected chi connectivity index (χ0v) is 14.8. The molecule has 0 aliphatic carbocycles. The van der Waals surface area contributed by atoms with Crippen molar-refractivity contribution in [3.8, 4) is 0 Å². The van der Waals surface area contributed by atoms with Crippen LogP contribution < -0.4 is 10.2 Å². The Morgan fingerprint density at radius 1 is 1.30 bits per heavy atom. The predicted octanol–water partition coefficient (Wildman–Crippen LogP) is 4.91. The molecule has 108 valence electrons. The summed E-state index contributed by atoms with van der Waals surface area (Å²) >= 11 is 11.2. The van der Waals surface area contributed by atoms with E-state index in [0.29, 0.717) is 0 Å². The lowest BCUT2D eigenvalue weighted by molar-refractivity contribution is 0.723. The molecular weight excluding hydrogens is 356 g/mol. The van der Waals surface area contributed by atoms with E-state index in [4.69, 9.17) is 11.6 Å². The molecule has 2 rings (SSSR count). The molecule has 0 spiro atoms. The highest BCUT2D eigenvalue weighted by Gasteiger charge is 2.10. The van der Waals surface area contributed by atoms with Crippen molar-refractivity contribution < 1.29 is 0 Å². The van der Waals surface area contributed by atoms with Crippen LogP contribution in [0.3, 0.4) is 0 Å². The SMILES string of the molecule is CCNCc1ccc(Br)cc1N(C)Cc1ccc(Cl)s1. The minimum atomic E-state index is 0.843. The van der Waals surface area contributed by atoms with Crippen LogP contribution in [0.1, 0.15) is 17.4 Å². The Kier molecular flexibility index (Phi) is 5.90. The van der Waals surface area contributed by atoms with Crippen LogP contribution in [-0.2, 0) is 13.1 Å². The van der Waals surface area contributed by atoms with Gasteiger partial charge in [-0.05, 0) is 36.4 Å². The van der Waals surface area contributed by atoms with Gasteiger partial charge in [0.25, 0.3) is 0 Å². The standard InChI is InChI=1S/C15H18BrClN2S/c1-3-18-9-11-4-5-12(16)8-14(11)19(2)10-13-6-7-15(17)20-13/h4-8,18H,3,9-10H2,1-2H3. The van der Waals surface area contributed by atoms with E-state index in [1.54, 1.807) is 11.3 Å². The van der Waals surface area contributed by atoms with Crippen LogP contribution in [0, 0.1) is 0 Å². The van der Waals surface area contributed by atoms with E-state index >= 15 is 0 Å². The molecular formula is C15H18BrClN2S. The van der Waals surface area contributed by atoms with E-state index in [1.807, 2.05) is 6.07 Å². The van der Waals surface area contributed by atoms with Crippen molar-refractivity contribution in [1.82, 2.24) is 5.32 Å². The number of halogens is 2. The van der Waals surface area contributed by atoms with Crippen molar-refractivity contribution in [3.05, 3.63) is 49.6 Å². The summed E-state index contributed by atoms with van der Waals surface area (Å²) < 4.78 is 1.94. The van der Waals surface area contributed by atoms with Gasteiger partial charge in [-0.1, -0.05) is 40.5 Å². The van der Waals surface area contributed by atoms with Gasteiger partial charge in [-0.25, -0.2) is 0 Å². The molecule has 5 heteroatoms. The number of benzene rings is 1. The Balaban J connectivity index is 2.18. The van der Waals surface area contributed by atoms with Crippen LogP contribution in [0.25, 0.3) is 0 Å². The first-order valence-corrected chi connectivity index (χ1v) is 8.53. The van der Waals surface area contributed by atoms with E-state index in [0.717, 1.165) is 28.4 Å². The lowest BCUT2D eigenvalue weighted by atomic mass is 10.1. The highest BCUT2D eigenvalue weighted by atomic mass is 79.9. The van der Waals surface area contributed by atoms with Gasteiger partial charge in [0.2, 0.25) is 0 Å². The fourth-order valence-electron chi connectivity index (χ4n) is 2.06. The molecule has 0 bridgehead atoms. The lowest BCUT2D eigenvalue weighted by Crippen LogP contribution is -2.20. The first-order valence-electron chi connectivity index (χ1n) is 6.54. The molecule has 0 amide bonds. The van der Waals surface area contributed by atoms with Gasteiger partial charge in [0.15, 0.2) is 0 Å². The van der Waals surface area contributed by atoms with Gasteiger partial charge in [-0.2, -0.15) is 0 Å². The van der Waals surface area contributed by atoms with Crippen molar-refractivity contribution in [2.45, 2.75) is 20.0 Å². The van der Waals surface area contributed by atoms with Crippen molar-refractivity contribution in [1.29, 1.82) is 0 Å². The number of anilines is 1. The Bertz CT molecular complexity index is 571. The topological polar surface area (TPSA) is 15.3 Å². The molecule has 0 atom stereocenters. The van der Waals surface area contributed by atoms with Crippen molar-refractivity contribution >= 4 is 44.6 Å². The van der Waals surface area contributed by atoms with Crippen molar-refractivity contribution in [3.63, 3.8) is 0 Å². The zero-order valence-electron chi connectivity index (χ0n) is 11.6. The van der Waals surface area contributed by atoms with E-state index in [-0.39, 0.29) is 0 Å². The second-order valence-electron chi connectivity index (χ2n) is 4.62. The molecule has 2 aromatic rings. The zero-order chi connectivity index (χ0) is 14.5. The molecule has 1 aromatic carbocycles. The quantitative estimate of drug-likeness (QED) is 0.774. The minimum Gasteiger partial charge on any atom is -0.369 e. The van der Waals surface area contributed by atoms with E-state index in [2.05, 4.69) is 64.4 Å². The summed E-state index contributed by atoms with van der Waals surface area (Å²) in [7, 11) is 2.12. The third kappa shape index (κ3) is 4.22. The van der Waals surface area contributed by atoms with Crippen LogP contribution in [-0.4, -0.2) is 13.6 Å². The summed E-state index contributed by atoms with van der Waals surface area (Å²) in [5, 5.41) is 3.39. The van der Waals surface area contributed by atoms with Crippen LogP contribution in [0.15, 0.2) is 34.8 Å². The fourth-order valence-corrected chi connectivity index (χ4v) is 3.55. The maximum atomic E-state index is 6.00. The number of rotatable bonds is 6. The minimum absolute atomic E-state index is 0.843. The Morgan fingerprint density at radius 3 is 2.75 bits per heavy atom. The van der Waals surface area contributed by atoms with Crippen LogP contribution >= 0.6 is 38.9 Å². The summed E-state index contributed by atoms with van der Waals surface area (Å²) in [6.45, 7) is 4.84. The molecule has 0 aliphatic heterocycles. The van der Waals surface area contributed by atoms with Gasteiger partial charge in [0.1, 0.15) is 0 Å². The summed E-state index contributed by atoms with van der Waals surface area (Å²) in [4.78, 5) is 3.53. The van der Waals surface area contributed by atoms with E-state index < -0.39 is 0 Å². The van der Waals surface area contributed by atoms with E-state index in [9.17, 15) is 0 Å². The molecule has 0 saturated heterocycles. The third-order valence-corrected chi connectivity index (χ3v) is 4.76. The summed E-state index contributed by atoms with van der Waals surface area (Å²) in [6.07, 6.45) is 0. The van der Waals surface area contributed by atoms with Gasteiger partial charge in [0, 0.05) is 28.6 Å². The number of hydrogen-bond donors (Lipinski definition) is 1. The smallest absolute Gasteiger partial charge is 0.0931 e. The van der Waals surface area contributed by atoms with Crippen LogP contribution in [0.5, 0.6) is 0 Å². The number of nitrogens with one attached hydrogen (secondary N) is 1.